The van der Waals surface area contributed by atoms with Crippen molar-refractivity contribution in [3.8, 4) is 0 Å². The lowest BCUT2D eigenvalue weighted by Crippen LogP contribution is -1.68. The molecule has 0 aromatic heterocycles. The van der Waals surface area contributed by atoms with Crippen LogP contribution in [0.2, 0.25) is 0 Å². The average molecular weight is 83.2 g/mol. The third-order valence-corrected chi connectivity index (χ3v) is 0.553. The van der Waals surface area contributed by atoms with Crippen LogP contribution in [0.4, 0.5) is 0 Å². The molecule has 0 aliphatic heterocycles. The first-order valence-corrected chi connectivity index (χ1v) is 2.26. The van der Waals surface area contributed by atoms with Gasteiger partial charge in [0.15, 0.2) is 0 Å². The van der Waals surface area contributed by atoms with Gasteiger partial charge in [-0.05, 0) is 0 Å². The molecule has 0 saturated carbocycles. The molecule has 0 aromatic rings. The predicted octanol–water partition coefficient (Wildman–Crippen LogP) is 2.18. The second-order valence-electron chi connectivity index (χ2n) is 1.46. The molecule has 0 heterocycles. The summed E-state index contributed by atoms with van der Waals surface area (Å²) in [6.07, 6.45) is 3.20. The van der Waals surface area contributed by atoms with Crippen molar-refractivity contribution in [2.75, 3.05) is 0 Å². The highest BCUT2D eigenvalue weighted by molar-refractivity contribution is 5.02. The molecule has 36 valence electrons. The maximum Gasteiger partial charge on any atom is -0.0735 e. The topological polar surface area (TPSA) is 0 Å². The van der Waals surface area contributed by atoms with E-state index in [4.69, 9.17) is 0 Å². The minimum Gasteiger partial charge on any atom is -0.242 e. The van der Waals surface area contributed by atoms with E-state index in [1.54, 1.807) is 0 Å². The standard InChI is InChI=1S/C6H11/c1-4-5-6(2)3/h5H,2,4H2,1,3H3/q-1. The molecule has 0 nitrogen and oxygen atoms in total. The quantitative estimate of drug-likeness (QED) is 0.449. The molecular weight excluding hydrogens is 72.1 g/mol. The van der Waals surface area contributed by atoms with E-state index in [-0.39, 0.29) is 0 Å². The van der Waals surface area contributed by atoms with Crippen molar-refractivity contribution in [2.24, 2.45) is 0 Å². The summed E-state index contributed by atoms with van der Waals surface area (Å²) in [5.74, 6) is 0. The van der Waals surface area contributed by atoms with E-state index in [9.17, 15) is 0 Å². The fourth-order valence-electron chi connectivity index (χ4n) is 0.348. The molecule has 0 rings (SSSR count). The van der Waals surface area contributed by atoms with Crippen LogP contribution in [0.1, 0.15) is 20.3 Å². The molecule has 0 fully saturated rings. The van der Waals surface area contributed by atoms with E-state index in [0.29, 0.717) is 0 Å². The molecule has 0 radical (unpaired) electrons. The molecule has 0 aliphatic rings. The normalized spacial score (nSPS) is 7.67. The Morgan fingerprint density at radius 1 is 1.83 bits per heavy atom. The van der Waals surface area contributed by atoms with Crippen LogP contribution in [0, 0.1) is 6.42 Å². The summed E-state index contributed by atoms with van der Waals surface area (Å²) in [7, 11) is 0. The van der Waals surface area contributed by atoms with Gasteiger partial charge in [0, 0.05) is 0 Å². The second kappa shape index (κ2) is 2.83. The van der Waals surface area contributed by atoms with Crippen LogP contribution < -0.4 is 0 Å². The van der Waals surface area contributed by atoms with Gasteiger partial charge in [-0.25, -0.2) is 18.6 Å². The van der Waals surface area contributed by atoms with Crippen molar-refractivity contribution in [3.63, 3.8) is 0 Å². The molecule has 0 unspecified atom stereocenters. The molecule has 6 heavy (non-hydrogen) atoms. The average Bonchev–Trinajstić information content (AvgIpc) is 1.35. The van der Waals surface area contributed by atoms with Crippen molar-refractivity contribution in [1.82, 2.24) is 0 Å². The Morgan fingerprint density at radius 3 is 2.33 bits per heavy atom. The molecule has 0 saturated heterocycles. The number of hydrogen-bond acceptors (Lipinski definition) is 0. The molecule has 0 N–H and O–H groups in total. The molecule has 0 bridgehead atoms. The van der Waals surface area contributed by atoms with Gasteiger partial charge in [-0.15, -0.1) is 6.42 Å². The van der Waals surface area contributed by atoms with Crippen LogP contribution in [0.5, 0.6) is 0 Å². The zero-order valence-electron chi connectivity index (χ0n) is 4.49. The van der Waals surface area contributed by atoms with Gasteiger partial charge in [0.25, 0.3) is 0 Å². The molecule has 0 heteroatoms. The first-order valence-electron chi connectivity index (χ1n) is 2.26. The van der Waals surface area contributed by atoms with E-state index >= 15 is 0 Å². The zero-order valence-corrected chi connectivity index (χ0v) is 4.49. The SMILES string of the molecule is C=C(C)[CH-]CC. The molecule has 0 spiro atoms. The fourth-order valence-corrected chi connectivity index (χ4v) is 0.348. The van der Waals surface area contributed by atoms with Gasteiger partial charge in [-0.1, -0.05) is 13.8 Å². The number of hydrogen-bond donors (Lipinski definition) is 0. The highest BCUT2D eigenvalue weighted by atomic mass is 13.8. The van der Waals surface area contributed by atoms with Crippen molar-refractivity contribution >= 4 is 0 Å². The van der Waals surface area contributed by atoms with Crippen molar-refractivity contribution in [1.29, 1.82) is 0 Å². The van der Waals surface area contributed by atoms with Crippen molar-refractivity contribution in [2.45, 2.75) is 20.3 Å². The smallest absolute Gasteiger partial charge is 0.0735 e. The number of rotatable bonds is 2. The highest BCUT2D eigenvalue weighted by Gasteiger charge is 1.64. The highest BCUT2D eigenvalue weighted by Crippen LogP contribution is 1.94. The van der Waals surface area contributed by atoms with Crippen molar-refractivity contribution in [3.05, 3.63) is 18.6 Å². The van der Waals surface area contributed by atoms with Gasteiger partial charge < -0.3 is 0 Å². The monoisotopic (exact) mass is 83.1 g/mol. The van der Waals surface area contributed by atoms with E-state index in [2.05, 4.69) is 19.9 Å². The third-order valence-electron chi connectivity index (χ3n) is 0.553. The van der Waals surface area contributed by atoms with Crippen LogP contribution in [0.15, 0.2) is 12.2 Å². The van der Waals surface area contributed by atoms with Crippen LogP contribution >= 0.6 is 0 Å². The molecule has 0 atom stereocenters. The Morgan fingerprint density at radius 2 is 2.33 bits per heavy atom. The van der Waals surface area contributed by atoms with Gasteiger partial charge in [0.05, 0.1) is 0 Å². The fraction of sp³-hybridized carbons (Fsp3) is 0.500. The lowest BCUT2D eigenvalue weighted by molar-refractivity contribution is 1.11. The Hall–Kier alpha value is -0.390. The van der Waals surface area contributed by atoms with Crippen molar-refractivity contribution < 1.29 is 0 Å². The van der Waals surface area contributed by atoms with E-state index in [1.807, 2.05) is 6.92 Å². The lowest BCUT2D eigenvalue weighted by Gasteiger charge is -1.99. The summed E-state index contributed by atoms with van der Waals surface area (Å²) in [5.41, 5.74) is 1.16. The molecular formula is C6H11-. The van der Waals surface area contributed by atoms with E-state index < -0.39 is 0 Å². The van der Waals surface area contributed by atoms with Gasteiger partial charge in [-0.3, -0.25) is 0 Å². The summed E-state index contributed by atoms with van der Waals surface area (Å²) in [6, 6.07) is 0. The zero-order chi connectivity index (χ0) is 4.99. The minimum atomic E-state index is 1.11. The van der Waals surface area contributed by atoms with Gasteiger partial charge in [0.1, 0.15) is 0 Å². The number of allylic oxidation sites excluding steroid dienone is 1. The van der Waals surface area contributed by atoms with E-state index in [1.165, 1.54) is 0 Å². The first-order chi connectivity index (χ1) is 2.77. The van der Waals surface area contributed by atoms with Crippen LogP contribution in [0.3, 0.4) is 0 Å². The first kappa shape index (κ1) is 5.61. The predicted molar refractivity (Wildman–Crippen MR) is 29.4 cm³/mol. The molecule has 0 aliphatic carbocycles. The third kappa shape index (κ3) is 3.61. The van der Waals surface area contributed by atoms with Crippen LogP contribution in [-0.2, 0) is 0 Å². The summed E-state index contributed by atoms with van der Waals surface area (Å²) in [5, 5.41) is 0. The Labute approximate surface area is 39.9 Å². The lowest BCUT2D eigenvalue weighted by atomic mass is 10.2. The Kier molecular flexibility index (Phi) is 2.64. The Bertz CT molecular complexity index is 44.0. The van der Waals surface area contributed by atoms with Crippen LogP contribution in [-0.4, -0.2) is 0 Å². The summed E-state index contributed by atoms with van der Waals surface area (Å²) in [6.45, 7) is 7.80. The maximum atomic E-state index is 3.69. The molecule has 0 amide bonds. The second-order valence-corrected chi connectivity index (χ2v) is 1.46. The molecule has 0 aromatic carbocycles. The van der Waals surface area contributed by atoms with E-state index in [0.717, 1.165) is 12.0 Å². The minimum absolute atomic E-state index is 1.11. The Balaban J connectivity index is 2.83. The summed E-state index contributed by atoms with van der Waals surface area (Å²) >= 11 is 0. The van der Waals surface area contributed by atoms with Crippen LogP contribution in [0.25, 0.3) is 0 Å². The van der Waals surface area contributed by atoms with Gasteiger partial charge in [0.2, 0.25) is 0 Å². The largest absolute Gasteiger partial charge is 0.242 e. The van der Waals surface area contributed by atoms with Gasteiger partial charge in [-0.2, -0.15) is 0 Å². The van der Waals surface area contributed by atoms with Gasteiger partial charge >= 0.3 is 0 Å². The summed E-state index contributed by atoms with van der Waals surface area (Å²) < 4.78 is 0. The maximum absolute atomic E-state index is 3.69. The summed E-state index contributed by atoms with van der Waals surface area (Å²) in [4.78, 5) is 0.